The molecule has 0 aliphatic carbocycles. The number of pyridine rings is 1. The molecule has 0 amide bonds. The Hall–Kier alpha value is -2.23. The Labute approximate surface area is 164 Å². The van der Waals surface area contributed by atoms with Gasteiger partial charge in [-0.05, 0) is 66.2 Å². The largest absolute Gasteiger partial charge is 0.303 e. The van der Waals surface area contributed by atoms with Gasteiger partial charge >= 0.3 is 0 Å². The van der Waals surface area contributed by atoms with Crippen molar-refractivity contribution >= 4 is 32.2 Å². The van der Waals surface area contributed by atoms with E-state index in [2.05, 4.69) is 64.9 Å². The van der Waals surface area contributed by atoms with Crippen LogP contribution < -0.4 is 0 Å². The van der Waals surface area contributed by atoms with Crippen LogP contribution in [0.5, 0.6) is 0 Å². The Balaban J connectivity index is 1.24. The van der Waals surface area contributed by atoms with Gasteiger partial charge in [0.1, 0.15) is 0 Å². The van der Waals surface area contributed by atoms with E-state index in [0.29, 0.717) is 5.92 Å². The standard InChI is InChI=1S/C24H24N2S/c1-2-7-21-18(4-1)5-3-6-19(21)9-14-26-15-10-20(11-16-26)24-22-12-17-27-23(22)8-13-25-24/h1-8,12-13,17,20H,9-11,14-16H2. The van der Waals surface area contributed by atoms with Gasteiger partial charge in [-0.15, -0.1) is 11.3 Å². The number of likely N-dealkylation sites (tertiary alicyclic amines) is 1. The summed E-state index contributed by atoms with van der Waals surface area (Å²) in [6.45, 7) is 3.51. The first-order valence-corrected chi connectivity index (χ1v) is 10.8. The van der Waals surface area contributed by atoms with Crippen LogP contribution in [0.15, 0.2) is 66.2 Å². The molecule has 1 saturated heterocycles. The van der Waals surface area contributed by atoms with Gasteiger partial charge in [0.2, 0.25) is 0 Å². The lowest BCUT2D eigenvalue weighted by Gasteiger charge is -2.32. The third-order valence-corrected chi connectivity index (χ3v) is 6.84. The Morgan fingerprint density at radius 3 is 2.70 bits per heavy atom. The van der Waals surface area contributed by atoms with Gasteiger partial charge in [-0.1, -0.05) is 42.5 Å². The van der Waals surface area contributed by atoms with Crippen molar-refractivity contribution in [3.63, 3.8) is 0 Å². The number of nitrogens with zero attached hydrogens (tertiary/aromatic N) is 2. The second-order valence-corrected chi connectivity index (χ2v) is 8.48. The summed E-state index contributed by atoms with van der Waals surface area (Å²) in [7, 11) is 0. The zero-order valence-electron chi connectivity index (χ0n) is 15.5. The Kier molecular flexibility index (Phi) is 4.64. The minimum absolute atomic E-state index is 0.608. The molecule has 27 heavy (non-hydrogen) atoms. The molecule has 0 spiro atoms. The molecular formula is C24H24N2S. The molecule has 0 atom stereocenters. The highest BCUT2D eigenvalue weighted by atomic mass is 32.1. The van der Waals surface area contributed by atoms with Gasteiger partial charge in [-0.3, -0.25) is 4.98 Å². The number of benzene rings is 2. The fraction of sp³-hybridized carbons (Fsp3) is 0.292. The van der Waals surface area contributed by atoms with Crippen LogP contribution in [0.1, 0.15) is 30.0 Å². The first-order chi connectivity index (χ1) is 13.4. The number of aromatic nitrogens is 1. The maximum atomic E-state index is 4.74. The van der Waals surface area contributed by atoms with Gasteiger partial charge in [-0.2, -0.15) is 0 Å². The van der Waals surface area contributed by atoms with Crippen LogP contribution >= 0.6 is 11.3 Å². The van der Waals surface area contributed by atoms with Crippen molar-refractivity contribution in [2.45, 2.75) is 25.2 Å². The maximum Gasteiger partial charge on any atom is 0.0522 e. The van der Waals surface area contributed by atoms with Crippen molar-refractivity contribution in [1.29, 1.82) is 0 Å². The molecular weight excluding hydrogens is 348 g/mol. The van der Waals surface area contributed by atoms with Gasteiger partial charge < -0.3 is 4.90 Å². The van der Waals surface area contributed by atoms with Gasteiger partial charge in [0.15, 0.2) is 0 Å². The fourth-order valence-corrected chi connectivity index (χ4v) is 5.25. The molecule has 2 aromatic carbocycles. The topological polar surface area (TPSA) is 16.1 Å². The molecule has 0 N–H and O–H groups in total. The van der Waals surface area contributed by atoms with Crippen LogP contribution in [0.25, 0.3) is 20.9 Å². The van der Waals surface area contributed by atoms with E-state index in [9.17, 15) is 0 Å². The Bertz CT molecular complexity index is 1050. The minimum Gasteiger partial charge on any atom is -0.303 e. The third kappa shape index (κ3) is 3.38. The molecule has 0 bridgehead atoms. The predicted molar refractivity (Wildman–Crippen MR) is 116 cm³/mol. The smallest absolute Gasteiger partial charge is 0.0522 e. The van der Waals surface area contributed by atoms with E-state index >= 15 is 0 Å². The lowest BCUT2D eigenvalue weighted by molar-refractivity contribution is 0.214. The van der Waals surface area contributed by atoms with Crippen LogP contribution in [0.4, 0.5) is 0 Å². The molecule has 2 nitrogen and oxygen atoms in total. The molecule has 1 fully saturated rings. The number of rotatable bonds is 4. The quantitative estimate of drug-likeness (QED) is 0.445. The lowest BCUT2D eigenvalue weighted by Crippen LogP contribution is -2.34. The summed E-state index contributed by atoms with van der Waals surface area (Å²) in [5.74, 6) is 0.608. The molecule has 0 saturated carbocycles. The third-order valence-electron chi connectivity index (χ3n) is 5.96. The Morgan fingerprint density at radius 1 is 0.926 bits per heavy atom. The van der Waals surface area contributed by atoms with E-state index < -0.39 is 0 Å². The first kappa shape index (κ1) is 16.9. The predicted octanol–water partition coefficient (Wildman–Crippen LogP) is 5.87. The van der Waals surface area contributed by atoms with E-state index in [0.717, 1.165) is 13.0 Å². The van der Waals surface area contributed by atoms with Crippen molar-refractivity contribution in [2.24, 2.45) is 0 Å². The monoisotopic (exact) mass is 372 g/mol. The van der Waals surface area contributed by atoms with Crippen molar-refractivity contribution in [3.05, 3.63) is 77.4 Å². The average molecular weight is 373 g/mol. The fourth-order valence-electron chi connectivity index (χ4n) is 4.46. The van der Waals surface area contributed by atoms with Crippen LogP contribution in [0, 0.1) is 0 Å². The second-order valence-electron chi connectivity index (χ2n) is 7.53. The summed E-state index contributed by atoms with van der Waals surface area (Å²) >= 11 is 1.82. The molecule has 2 aromatic heterocycles. The van der Waals surface area contributed by atoms with E-state index in [4.69, 9.17) is 4.98 Å². The molecule has 5 rings (SSSR count). The Morgan fingerprint density at radius 2 is 1.78 bits per heavy atom. The summed E-state index contributed by atoms with van der Waals surface area (Å²) < 4.78 is 1.37. The summed E-state index contributed by atoms with van der Waals surface area (Å²) in [6, 6.07) is 19.8. The molecule has 136 valence electrons. The average Bonchev–Trinajstić information content (AvgIpc) is 3.22. The van der Waals surface area contributed by atoms with Gasteiger partial charge in [0.05, 0.1) is 5.69 Å². The molecule has 4 aromatic rings. The van der Waals surface area contributed by atoms with Gasteiger partial charge in [0, 0.05) is 28.7 Å². The van der Waals surface area contributed by atoms with Gasteiger partial charge in [-0.25, -0.2) is 0 Å². The van der Waals surface area contributed by atoms with Crippen LogP contribution in [0.3, 0.4) is 0 Å². The second kappa shape index (κ2) is 7.41. The maximum absolute atomic E-state index is 4.74. The highest BCUT2D eigenvalue weighted by Gasteiger charge is 2.23. The molecule has 0 unspecified atom stereocenters. The van der Waals surface area contributed by atoms with Crippen molar-refractivity contribution in [3.8, 4) is 0 Å². The minimum atomic E-state index is 0.608. The van der Waals surface area contributed by atoms with Crippen LogP contribution in [-0.4, -0.2) is 29.5 Å². The van der Waals surface area contributed by atoms with Crippen molar-refractivity contribution in [1.82, 2.24) is 9.88 Å². The number of piperidine rings is 1. The summed E-state index contributed by atoms with van der Waals surface area (Å²) in [5.41, 5.74) is 2.79. The highest BCUT2D eigenvalue weighted by molar-refractivity contribution is 7.17. The molecule has 0 radical (unpaired) electrons. The van der Waals surface area contributed by atoms with Crippen molar-refractivity contribution in [2.75, 3.05) is 19.6 Å². The first-order valence-electron chi connectivity index (χ1n) is 9.89. The lowest BCUT2D eigenvalue weighted by atomic mass is 9.91. The molecule has 3 heteroatoms. The summed E-state index contributed by atoms with van der Waals surface area (Å²) in [6.07, 6.45) is 5.56. The normalized spacial score (nSPS) is 16.3. The SMILES string of the molecule is c1ccc2c(CCN3CCC(c4nccc5sccc45)CC3)cccc2c1. The van der Waals surface area contributed by atoms with E-state index in [1.807, 2.05) is 17.5 Å². The summed E-state index contributed by atoms with van der Waals surface area (Å²) in [4.78, 5) is 7.37. The van der Waals surface area contributed by atoms with Crippen LogP contribution in [-0.2, 0) is 6.42 Å². The molecule has 1 aliphatic heterocycles. The number of hydrogen-bond donors (Lipinski definition) is 0. The molecule has 1 aliphatic rings. The zero-order chi connectivity index (χ0) is 18.1. The summed E-state index contributed by atoms with van der Waals surface area (Å²) in [5, 5.41) is 6.32. The zero-order valence-corrected chi connectivity index (χ0v) is 16.3. The van der Waals surface area contributed by atoms with E-state index in [1.165, 1.54) is 58.0 Å². The molecule has 3 heterocycles. The highest BCUT2D eigenvalue weighted by Crippen LogP contribution is 2.33. The van der Waals surface area contributed by atoms with Crippen molar-refractivity contribution < 1.29 is 0 Å². The van der Waals surface area contributed by atoms with E-state index in [1.54, 1.807) is 0 Å². The number of fused-ring (bicyclic) bond motifs is 2. The van der Waals surface area contributed by atoms with Crippen LogP contribution in [0.2, 0.25) is 0 Å². The van der Waals surface area contributed by atoms with Gasteiger partial charge in [0.25, 0.3) is 0 Å². The number of thiophene rings is 1. The number of hydrogen-bond acceptors (Lipinski definition) is 3. The van der Waals surface area contributed by atoms with E-state index in [-0.39, 0.29) is 0 Å².